The zero-order chi connectivity index (χ0) is 20.9. The number of carbonyl (C=O) groups is 1. The number of nitro benzene ring substituents is 1. The molecule has 0 heterocycles. The number of alkyl halides is 3. The van der Waals surface area contributed by atoms with Gasteiger partial charge in [-0.05, 0) is 37.3 Å². The second-order valence-corrected chi connectivity index (χ2v) is 8.47. The van der Waals surface area contributed by atoms with E-state index in [4.69, 9.17) is 47.0 Å². The molecule has 0 saturated heterocycles. The molecule has 0 aromatic heterocycles. The highest BCUT2D eigenvalue weighted by Crippen LogP contribution is 2.30. The highest BCUT2D eigenvalue weighted by Gasteiger charge is 2.35. The Hall–Kier alpha value is -2.13. The third kappa shape index (κ3) is 6.20. The Morgan fingerprint density at radius 3 is 2.43 bits per heavy atom. The van der Waals surface area contributed by atoms with Crippen LogP contribution in [0, 0.1) is 17.0 Å². The number of nitrogens with one attached hydrogen (secondary N) is 3. The largest absolute Gasteiger partial charge is 0.339 e. The number of carbonyl (C=O) groups excluding carboxylic acids is 1. The SMILES string of the molecule is Cc1cccc(C(=O)N[C@@H](NC(=S)Nc2ccccc2[N+](=O)[O-])C(Cl)(Cl)Cl)c1. The van der Waals surface area contributed by atoms with E-state index < -0.39 is 20.8 Å². The van der Waals surface area contributed by atoms with Gasteiger partial charge in [-0.1, -0.05) is 64.6 Å². The molecule has 1 amide bonds. The highest BCUT2D eigenvalue weighted by atomic mass is 35.6. The number of amides is 1. The average molecular weight is 462 g/mol. The highest BCUT2D eigenvalue weighted by molar-refractivity contribution is 7.80. The molecular weight excluding hydrogens is 447 g/mol. The lowest BCUT2D eigenvalue weighted by Gasteiger charge is -2.27. The summed E-state index contributed by atoms with van der Waals surface area (Å²) in [6.07, 6.45) is -1.20. The molecule has 3 N–H and O–H groups in total. The van der Waals surface area contributed by atoms with Crippen LogP contribution in [0.3, 0.4) is 0 Å². The third-order valence-electron chi connectivity index (χ3n) is 3.51. The number of benzene rings is 2. The maximum atomic E-state index is 12.5. The molecular formula is C17H15Cl3N4O3S. The number of para-hydroxylation sites is 2. The van der Waals surface area contributed by atoms with Gasteiger partial charge in [-0.2, -0.15) is 0 Å². The summed E-state index contributed by atoms with van der Waals surface area (Å²) in [5.74, 6) is -0.485. The first kappa shape index (κ1) is 22.2. The van der Waals surface area contributed by atoms with Crippen molar-refractivity contribution < 1.29 is 9.72 Å². The molecule has 0 bridgehead atoms. The number of hydrogen-bond donors (Lipinski definition) is 3. The van der Waals surface area contributed by atoms with E-state index in [2.05, 4.69) is 16.0 Å². The van der Waals surface area contributed by atoms with E-state index in [-0.39, 0.29) is 16.5 Å². The molecule has 7 nitrogen and oxygen atoms in total. The van der Waals surface area contributed by atoms with E-state index in [1.54, 1.807) is 24.3 Å². The quantitative estimate of drug-likeness (QED) is 0.202. The van der Waals surface area contributed by atoms with Gasteiger partial charge in [0, 0.05) is 11.6 Å². The molecule has 0 fully saturated rings. The third-order valence-corrected chi connectivity index (χ3v) is 4.38. The van der Waals surface area contributed by atoms with Gasteiger partial charge >= 0.3 is 0 Å². The number of halogens is 3. The molecule has 0 saturated carbocycles. The number of hydrogen-bond acceptors (Lipinski definition) is 4. The standard InChI is InChI=1S/C17H15Cl3N4O3S/c1-10-5-4-6-11(9-10)14(25)22-15(17(18,19)20)23-16(28)21-12-7-2-3-8-13(12)24(26)27/h2-9,15H,1H3,(H,22,25)(H2,21,23,28)/t15-/m0/s1. The molecule has 11 heteroatoms. The number of nitrogens with zero attached hydrogens (tertiary/aromatic N) is 1. The lowest BCUT2D eigenvalue weighted by molar-refractivity contribution is -0.383. The maximum Gasteiger partial charge on any atom is 0.292 e. The molecule has 0 unspecified atom stereocenters. The topological polar surface area (TPSA) is 96.3 Å². The molecule has 2 aromatic carbocycles. The molecule has 28 heavy (non-hydrogen) atoms. The number of thiocarbonyl (C=S) groups is 1. The molecule has 0 radical (unpaired) electrons. The van der Waals surface area contributed by atoms with Gasteiger partial charge in [-0.25, -0.2) is 0 Å². The number of rotatable bonds is 5. The second kappa shape index (κ2) is 9.38. The summed E-state index contributed by atoms with van der Waals surface area (Å²) in [4.78, 5) is 23.0. The zero-order valence-electron chi connectivity index (χ0n) is 14.4. The first-order valence-electron chi connectivity index (χ1n) is 7.83. The van der Waals surface area contributed by atoms with E-state index in [1.165, 1.54) is 18.2 Å². The van der Waals surface area contributed by atoms with Crippen LogP contribution in [-0.2, 0) is 0 Å². The van der Waals surface area contributed by atoms with Crippen molar-refractivity contribution in [1.29, 1.82) is 0 Å². The summed E-state index contributed by atoms with van der Waals surface area (Å²) in [5, 5.41) is 18.9. The van der Waals surface area contributed by atoms with Crippen molar-refractivity contribution in [1.82, 2.24) is 10.6 Å². The first-order valence-corrected chi connectivity index (χ1v) is 9.37. The molecule has 2 aromatic rings. The molecule has 148 valence electrons. The molecule has 0 spiro atoms. The fourth-order valence-corrected chi connectivity index (χ4v) is 2.78. The summed E-state index contributed by atoms with van der Waals surface area (Å²) in [6.45, 7) is 1.84. The van der Waals surface area contributed by atoms with E-state index in [0.717, 1.165) is 5.56 Å². The van der Waals surface area contributed by atoms with Crippen molar-refractivity contribution in [3.8, 4) is 0 Å². The van der Waals surface area contributed by atoms with Crippen molar-refractivity contribution in [3.63, 3.8) is 0 Å². The molecule has 0 aliphatic heterocycles. The summed E-state index contributed by atoms with van der Waals surface area (Å²) in [7, 11) is 0. The number of nitro groups is 1. The fraction of sp³-hybridized carbons (Fsp3) is 0.176. The number of aryl methyl sites for hydroxylation is 1. The van der Waals surface area contributed by atoms with Crippen LogP contribution in [-0.4, -0.2) is 25.9 Å². The van der Waals surface area contributed by atoms with Gasteiger partial charge in [0.25, 0.3) is 11.6 Å². The first-order chi connectivity index (χ1) is 13.1. The van der Waals surface area contributed by atoms with Crippen LogP contribution in [0.25, 0.3) is 0 Å². The monoisotopic (exact) mass is 460 g/mol. The summed E-state index contributed by atoms with van der Waals surface area (Å²) in [6, 6.07) is 12.8. The van der Waals surface area contributed by atoms with Crippen molar-refractivity contribution in [2.24, 2.45) is 0 Å². The fourth-order valence-electron chi connectivity index (χ4n) is 2.23. The van der Waals surface area contributed by atoms with E-state index in [9.17, 15) is 14.9 Å². The van der Waals surface area contributed by atoms with Crippen molar-refractivity contribution in [2.75, 3.05) is 5.32 Å². The smallest absolute Gasteiger partial charge is 0.292 e. The van der Waals surface area contributed by atoms with Crippen LogP contribution in [0.1, 0.15) is 15.9 Å². The van der Waals surface area contributed by atoms with Gasteiger partial charge in [0.1, 0.15) is 11.9 Å². The Bertz CT molecular complexity index is 905. The summed E-state index contributed by atoms with van der Waals surface area (Å²) >= 11 is 23.0. The normalized spacial score (nSPS) is 12.0. The Balaban J connectivity index is 2.13. The van der Waals surface area contributed by atoms with Gasteiger partial charge < -0.3 is 16.0 Å². The second-order valence-electron chi connectivity index (χ2n) is 5.69. The lowest BCUT2D eigenvalue weighted by atomic mass is 10.1. The molecule has 0 aliphatic carbocycles. The maximum absolute atomic E-state index is 12.5. The molecule has 1 atom stereocenters. The van der Waals surface area contributed by atoms with Crippen molar-refractivity contribution >= 4 is 69.4 Å². The Morgan fingerprint density at radius 2 is 1.82 bits per heavy atom. The predicted octanol–water partition coefficient (Wildman–Crippen LogP) is 4.32. The Labute approximate surface area is 181 Å². The van der Waals surface area contributed by atoms with Crippen LogP contribution >= 0.6 is 47.0 Å². The van der Waals surface area contributed by atoms with Crippen LogP contribution in [0.4, 0.5) is 11.4 Å². The van der Waals surface area contributed by atoms with E-state index in [0.29, 0.717) is 5.56 Å². The summed E-state index contributed by atoms with van der Waals surface area (Å²) < 4.78 is -1.95. The Morgan fingerprint density at radius 1 is 1.14 bits per heavy atom. The van der Waals surface area contributed by atoms with Crippen LogP contribution in [0.15, 0.2) is 48.5 Å². The van der Waals surface area contributed by atoms with Gasteiger partial charge in [0.05, 0.1) is 4.92 Å². The van der Waals surface area contributed by atoms with Crippen LogP contribution in [0.5, 0.6) is 0 Å². The minimum atomic E-state index is -1.95. The van der Waals surface area contributed by atoms with Gasteiger partial charge in [-0.15, -0.1) is 0 Å². The summed E-state index contributed by atoms with van der Waals surface area (Å²) in [5.41, 5.74) is 1.23. The molecule has 2 rings (SSSR count). The minimum Gasteiger partial charge on any atom is -0.339 e. The predicted molar refractivity (Wildman–Crippen MR) is 115 cm³/mol. The molecule has 0 aliphatic rings. The van der Waals surface area contributed by atoms with Crippen LogP contribution in [0.2, 0.25) is 0 Å². The lowest BCUT2D eigenvalue weighted by Crippen LogP contribution is -2.56. The van der Waals surface area contributed by atoms with Crippen molar-refractivity contribution in [2.45, 2.75) is 16.9 Å². The van der Waals surface area contributed by atoms with E-state index in [1.807, 2.05) is 13.0 Å². The van der Waals surface area contributed by atoms with Crippen LogP contribution < -0.4 is 16.0 Å². The average Bonchev–Trinajstić information content (AvgIpc) is 2.60. The van der Waals surface area contributed by atoms with Gasteiger partial charge in [-0.3, -0.25) is 14.9 Å². The van der Waals surface area contributed by atoms with Crippen molar-refractivity contribution in [3.05, 3.63) is 69.8 Å². The minimum absolute atomic E-state index is 0.0739. The van der Waals surface area contributed by atoms with Gasteiger partial charge in [0.15, 0.2) is 5.11 Å². The van der Waals surface area contributed by atoms with Gasteiger partial charge in [0.2, 0.25) is 3.79 Å². The number of anilines is 1. The zero-order valence-corrected chi connectivity index (χ0v) is 17.5. The Kier molecular flexibility index (Phi) is 7.42. The van der Waals surface area contributed by atoms with E-state index >= 15 is 0 Å².